The molecule has 4 heteroatoms. The van der Waals surface area contributed by atoms with Gasteiger partial charge in [-0.15, -0.1) is 11.3 Å². The maximum Gasteiger partial charge on any atom is 0.265 e. The lowest BCUT2D eigenvalue weighted by molar-refractivity contribution is 0.103. The second kappa shape index (κ2) is 6.11. The van der Waals surface area contributed by atoms with Gasteiger partial charge in [0.05, 0.1) is 16.5 Å². The molecule has 1 aromatic carbocycles. The van der Waals surface area contributed by atoms with Gasteiger partial charge >= 0.3 is 0 Å². The van der Waals surface area contributed by atoms with Gasteiger partial charge in [0, 0.05) is 10.6 Å². The fraction of sp³-hybridized carbons (Fsp3) is 0.294. The minimum absolute atomic E-state index is 0.0576. The molecule has 106 valence electrons. The van der Waals surface area contributed by atoms with Crippen molar-refractivity contribution in [3.8, 4) is 6.07 Å². The summed E-state index contributed by atoms with van der Waals surface area (Å²) in [5.41, 5.74) is 2.67. The van der Waals surface area contributed by atoms with Gasteiger partial charge in [0.1, 0.15) is 0 Å². The van der Waals surface area contributed by atoms with Crippen LogP contribution < -0.4 is 5.32 Å². The SMILES string of the molecule is N#Cc1ccc(NC(=O)c2cc3c(s2)CCCCC3)cc1. The van der Waals surface area contributed by atoms with E-state index < -0.39 is 0 Å². The van der Waals surface area contributed by atoms with E-state index in [1.54, 1.807) is 35.6 Å². The topological polar surface area (TPSA) is 52.9 Å². The number of hydrogen-bond acceptors (Lipinski definition) is 3. The number of thiophene rings is 1. The van der Waals surface area contributed by atoms with Gasteiger partial charge in [0.2, 0.25) is 0 Å². The summed E-state index contributed by atoms with van der Waals surface area (Å²) in [6.45, 7) is 0. The number of benzene rings is 1. The van der Waals surface area contributed by atoms with Crippen molar-refractivity contribution in [1.29, 1.82) is 5.26 Å². The number of nitrogens with one attached hydrogen (secondary N) is 1. The van der Waals surface area contributed by atoms with Crippen LogP contribution in [-0.4, -0.2) is 5.91 Å². The first-order valence-electron chi connectivity index (χ1n) is 7.19. The Morgan fingerprint density at radius 3 is 2.67 bits per heavy atom. The Labute approximate surface area is 128 Å². The van der Waals surface area contributed by atoms with E-state index >= 15 is 0 Å². The number of rotatable bonds is 2. The summed E-state index contributed by atoms with van der Waals surface area (Å²) in [7, 11) is 0. The van der Waals surface area contributed by atoms with Crippen molar-refractivity contribution in [1.82, 2.24) is 0 Å². The Morgan fingerprint density at radius 2 is 1.90 bits per heavy atom. The molecule has 0 aliphatic heterocycles. The van der Waals surface area contributed by atoms with Crippen LogP contribution in [0.3, 0.4) is 0 Å². The Bertz CT molecular complexity index is 671. The smallest absolute Gasteiger partial charge is 0.265 e. The molecule has 0 fully saturated rings. The minimum Gasteiger partial charge on any atom is -0.321 e. The first-order valence-corrected chi connectivity index (χ1v) is 8.01. The van der Waals surface area contributed by atoms with E-state index in [2.05, 4.69) is 11.4 Å². The Morgan fingerprint density at radius 1 is 1.14 bits per heavy atom. The largest absolute Gasteiger partial charge is 0.321 e. The summed E-state index contributed by atoms with van der Waals surface area (Å²) in [5.74, 6) is -0.0576. The lowest BCUT2D eigenvalue weighted by Crippen LogP contribution is -2.10. The number of hydrogen-bond donors (Lipinski definition) is 1. The second-order valence-electron chi connectivity index (χ2n) is 5.26. The Kier molecular flexibility index (Phi) is 4.03. The van der Waals surface area contributed by atoms with Gasteiger partial charge in [-0.1, -0.05) is 6.42 Å². The predicted molar refractivity (Wildman–Crippen MR) is 84.7 cm³/mol. The third-order valence-electron chi connectivity index (χ3n) is 3.74. The molecule has 0 saturated carbocycles. The molecule has 1 aromatic heterocycles. The van der Waals surface area contributed by atoms with Crippen molar-refractivity contribution < 1.29 is 4.79 Å². The van der Waals surface area contributed by atoms with Crippen molar-refractivity contribution >= 4 is 22.9 Å². The average Bonchev–Trinajstić information content (AvgIpc) is 2.79. The highest BCUT2D eigenvalue weighted by Gasteiger charge is 2.16. The van der Waals surface area contributed by atoms with Gasteiger partial charge in [0.15, 0.2) is 0 Å². The fourth-order valence-corrected chi connectivity index (χ4v) is 3.75. The first kappa shape index (κ1) is 13.8. The van der Waals surface area contributed by atoms with Crippen LogP contribution in [0.25, 0.3) is 0 Å². The van der Waals surface area contributed by atoms with E-state index in [4.69, 9.17) is 5.26 Å². The van der Waals surface area contributed by atoms with Gasteiger partial charge in [0.25, 0.3) is 5.91 Å². The molecule has 2 aromatic rings. The quantitative estimate of drug-likeness (QED) is 0.847. The molecule has 0 saturated heterocycles. The van der Waals surface area contributed by atoms with Crippen LogP contribution in [0.15, 0.2) is 30.3 Å². The summed E-state index contributed by atoms with van der Waals surface area (Å²) < 4.78 is 0. The second-order valence-corrected chi connectivity index (χ2v) is 6.40. The predicted octanol–water partition coefficient (Wildman–Crippen LogP) is 4.14. The van der Waals surface area contributed by atoms with Crippen LogP contribution >= 0.6 is 11.3 Å². The van der Waals surface area contributed by atoms with Gasteiger partial charge in [-0.2, -0.15) is 5.26 Å². The highest BCUT2D eigenvalue weighted by atomic mass is 32.1. The van der Waals surface area contributed by atoms with E-state index in [-0.39, 0.29) is 5.91 Å². The molecule has 0 spiro atoms. The molecule has 3 nitrogen and oxygen atoms in total. The molecular weight excluding hydrogens is 280 g/mol. The summed E-state index contributed by atoms with van der Waals surface area (Å²) in [5, 5.41) is 11.7. The standard InChI is InChI=1S/C17H16N2OS/c18-11-12-6-8-14(9-7-12)19-17(20)16-10-13-4-2-1-3-5-15(13)21-16/h6-10H,1-5H2,(H,19,20). The fourth-order valence-electron chi connectivity index (χ4n) is 2.60. The number of carbonyl (C=O) groups is 1. The summed E-state index contributed by atoms with van der Waals surface area (Å²) in [6.07, 6.45) is 5.93. The van der Waals surface area contributed by atoms with Crippen molar-refractivity contribution in [3.05, 3.63) is 51.2 Å². The van der Waals surface area contributed by atoms with Crippen LogP contribution in [0.2, 0.25) is 0 Å². The van der Waals surface area contributed by atoms with Crippen molar-refractivity contribution in [2.24, 2.45) is 0 Å². The Balaban J connectivity index is 1.74. The Hall–Kier alpha value is -2.12. The first-order chi connectivity index (χ1) is 10.3. The normalized spacial score (nSPS) is 13.9. The van der Waals surface area contributed by atoms with E-state index in [1.165, 1.54) is 29.7 Å². The molecule has 0 atom stereocenters. The van der Waals surface area contributed by atoms with Gasteiger partial charge < -0.3 is 5.32 Å². The molecule has 3 rings (SSSR count). The molecule has 0 unspecified atom stereocenters. The number of nitriles is 1. The third kappa shape index (κ3) is 3.14. The molecule has 21 heavy (non-hydrogen) atoms. The lowest BCUT2D eigenvalue weighted by atomic mass is 10.1. The monoisotopic (exact) mass is 296 g/mol. The van der Waals surface area contributed by atoms with Crippen molar-refractivity contribution in [2.45, 2.75) is 32.1 Å². The maximum absolute atomic E-state index is 12.3. The van der Waals surface area contributed by atoms with Crippen LogP contribution in [0.5, 0.6) is 0 Å². The summed E-state index contributed by atoms with van der Waals surface area (Å²) in [4.78, 5) is 14.5. The molecule has 0 bridgehead atoms. The molecule has 1 N–H and O–H groups in total. The van der Waals surface area contributed by atoms with Crippen LogP contribution in [0.1, 0.15) is 44.9 Å². The highest BCUT2D eigenvalue weighted by molar-refractivity contribution is 7.14. The van der Waals surface area contributed by atoms with Crippen LogP contribution in [0.4, 0.5) is 5.69 Å². The number of nitrogens with zero attached hydrogens (tertiary/aromatic N) is 1. The highest BCUT2D eigenvalue weighted by Crippen LogP contribution is 2.29. The van der Waals surface area contributed by atoms with Crippen molar-refractivity contribution in [3.63, 3.8) is 0 Å². The third-order valence-corrected chi connectivity index (χ3v) is 4.98. The lowest BCUT2D eigenvalue weighted by Gasteiger charge is -2.03. The van der Waals surface area contributed by atoms with E-state index in [0.717, 1.165) is 23.4 Å². The van der Waals surface area contributed by atoms with E-state index in [0.29, 0.717) is 5.56 Å². The molecule has 1 amide bonds. The maximum atomic E-state index is 12.3. The van der Waals surface area contributed by atoms with E-state index in [1.807, 2.05) is 6.07 Å². The van der Waals surface area contributed by atoms with Gasteiger partial charge in [-0.05, 0) is 61.6 Å². The van der Waals surface area contributed by atoms with E-state index in [9.17, 15) is 4.79 Å². The van der Waals surface area contributed by atoms with Crippen LogP contribution in [0, 0.1) is 11.3 Å². The molecule has 0 radical (unpaired) electrons. The van der Waals surface area contributed by atoms with Crippen LogP contribution in [-0.2, 0) is 12.8 Å². The number of anilines is 1. The zero-order chi connectivity index (χ0) is 14.7. The summed E-state index contributed by atoms with van der Waals surface area (Å²) >= 11 is 1.62. The molecule has 1 aliphatic carbocycles. The minimum atomic E-state index is -0.0576. The zero-order valence-electron chi connectivity index (χ0n) is 11.7. The molecular formula is C17H16N2OS. The average molecular weight is 296 g/mol. The number of carbonyl (C=O) groups excluding carboxylic acids is 1. The molecule has 1 heterocycles. The zero-order valence-corrected chi connectivity index (χ0v) is 12.5. The molecule has 1 aliphatic rings. The van der Waals surface area contributed by atoms with Gasteiger partial charge in [-0.3, -0.25) is 4.79 Å². The number of amides is 1. The number of aryl methyl sites for hydroxylation is 2. The van der Waals surface area contributed by atoms with Gasteiger partial charge in [-0.25, -0.2) is 0 Å². The van der Waals surface area contributed by atoms with Crippen molar-refractivity contribution in [2.75, 3.05) is 5.32 Å². The number of fused-ring (bicyclic) bond motifs is 1. The summed E-state index contributed by atoms with van der Waals surface area (Å²) in [6, 6.07) is 11.0.